The number of amides is 1. The molecule has 0 bridgehead atoms. The van der Waals surface area contributed by atoms with Crippen molar-refractivity contribution in [2.24, 2.45) is 5.92 Å². The Morgan fingerprint density at radius 2 is 2.00 bits per heavy atom. The molecular formula is C18H22N4O3S. The van der Waals surface area contributed by atoms with Crippen LogP contribution >= 0.6 is 11.8 Å². The maximum atomic E-state index is 12.1. The van der Waals surface area contributed by atoms with Gasteiger partial charge in [0.15, 0.2) is 0 Å². The molecular weight excluding hydrogens is 352 g/mol. The minimum Gasteiger partial charge on any atom is -0.465 e. The van der Waals surface area contributed by atoms with Crippen molar-refractivity contribution in [3.63, 3.8) is 0 Å². The largest absolute Gasteiger partial charge is 0.465 e. The quantitative estimate of drug-likeness (QED) is 0.571. The molecule has 7 nitrogen and oxygen atoms in total. The minimum absolute atomic E-state index is 0.150. The molecule has 26 heavy (non-hydrogen) atoms. The lowest BCUT2D eigenvalue weighted by Gasteiger charge is -2.05. The highest BCUT2D eigenvalue weighted by atomic mass is 32.2. The standard InChI is InChI=1S/C18H22N4O3S/c1-25-17(24)13-6-8-14(9-7-13)19-16(23)11-26-18-20-15(21-22-18)10-12-4-2-3-5-12/h6-9,12H,2-5,10-11H2,1H3,(H,19,23)(H,20,21,22). The Hall–Kier alpha value is -2.35. The summed E-state index contributed by atoms with van der Waals surface area (Å²) in [6, 6.07) is 6.56. The van der Waals surface area contributed by atoms with E-state index in [-0.39, 0.29) is 11.7 Å². The molecule has 2 aromatic rings. The molecule has 1 fully saturated rings. The molecule has 3 rings (SSSR count). The van der Waals surface area contributed by atoms with Crippen LogP contribution in [-0.4, -0.2) is 39.9 Å². The minimum atomic E-state index is -0.406. The van der Waals surface area contributed by atoms with Gasteiger partial charge in [-0.3, -0.25) is 9.89 Å². The Kier molecular flexibility index (Phi) is 6.27. The summed E-state index contributed by atoms with van der Waals surface area (Å²) in [6.45, 7) is 0. The van der Waals surface area contributed by atoms with Gasteiger partial charge in [-0.2, -0.15) is 0 Å². The van der Waals surface area contributed by atoms with Gasteiger partial charge in [0.1, 0.15) is 5.82 Å². The molecule has 0 radical (unpaired) electrons. The molecule has 0 unspecified atom stereocenters. The third-order valence-electron chi connectivity index (χ3n) is 4.39. The van der Waals surface area contributed by atoms with Gasteiger partial charge in [0.25, 0.3) is 0 Å². The Balaban J connectivity index is 1.45. The van der Waals surface area contributed by atoms with Crippen LogP contribution < -0.4 is 5.32 Å². The molecule has 1 aromatic carbocycles. The molecule has 1 heterocycles. The maximum absolute atomic E-state index is 12.1. The van der Waals surface area contributed by atoms with Crippen molar-refractivity contribution in [3.05, 3.63) is 35.7 Å². The number of methoxy groups -OCH3 is 1. The van der Waals surface area contributed by atoms with Gasteiger partial charge in [-0.05, 0) is 30.2 Å². The van der Waals surface area contributed by atoms with E-state index in [1.807, 2.05) is 0 Å². The normalized spacial score (nSPS) is 14.3. The highest BCUT2D eigenvalue weighted by Gasteiger charge is 2.17. The van der Waals surface area contributed by atoms with E-state index in [0.29, 0.717) is 22.3 Å². The topological polar surface area (TPSA) is 97.0 Å². The predicted octanol–water partition coefficient (Wildman–Crippen LogP) is 3.05. The van der Waals surface area contributed by atoms with E-state index in [0.717, 1.165) is 12.2 Å². The summed E-state index contributed by atoms with van der Waals surface area (Å²) in [5, 5.41) is 10.5. The molecule has 1 aliphatic carbocycles. The van der Waals surface area contributed by atoms with Gasteiger partial charge in [-0.25, -0.2) is 9.78 Å². The highest BCUT2D eigenvalue weighted by Crippen LogP contribution is 2.27. The number of benzene rings is 1. The van der Waals surface area contributed by atoms with Crippen molar-refractivity contribution in [2.75, 3.05) is 18.2 Å². The van der Waals surface area contributed by atoms with Gasteiger partial charge in [0, 0.05) is 12.1 Å². The summed E-state index contributed by atoms with van der Waals surface area (Å²) < 4.78 is 4.64. The lowest BCUT2D eigenvalue weighted by molar-refractivity contribution is -0.113. The molecule has 0 spiro atoms. The molecule has 1 aliphatic rings. The Bertz CT molecular complexity index is 754. The number of rotatable bonds is 7. The SMILES string of the molecule is COC(=O)c1ccc(NC(=O)CSc2n[nH]c(CC3CCCC3)n2)cc1. The summed E-state index contributed by atoms with van der Waals surface area (Å²) in [5.74, 6) is 1.27. The van der Waals surface area contributed by atoms with Crippen LogP contribution in [0.2, 0.25) is 0 Å². The van der Waals surface area contributed by atoms with E-state index in [1.54, 1.807) is 24.3 Å². The van der Waals surface area contributed by atoms with Gasteiger partial charge < -0.3 is 10.1 Å². The molecule has 0 atom stereocenters. The summed E-state index contributed by atoms with van der Waals surface area (Å²) in [7, 11) is 1.33. The van der Waals surface area contributed by atoms with Crippen LogP contribution in [0.15, 0.2) is 29.4 Å². The molecule has 138 valence electrons. The van der Waals surface area contributed by atoms with E-state index >= 15 is 0 Å². The predicted molar refractivity (Wildman–Crippen MR) is 99.2 cm³/mol. The van der Waals surface area contributed by atoms with Gasteiger partial charge >= 0.3 is 5.97 Å². The first-order valence-electron chi connectivity index (χ1n) is 8.66. The number of hydrogen-bond acceptors (Lipinski definition) is 6. The fraction of sp³-hybridized carbons (Fsp3) is 0.444. The Morgan fingerprint density at radius 1 is 1.27 bits per heavy atom. The molecule has 8 heteroatoms. The van der Waals surface area contributed by atoms with E-state index in [2.05, 4.69) is 25.2 Å². The van der Waals surface area contributed by atoms with Crippen molar-refractivity contribution in [2.45, 2.75) is 37.3 Å². The van der Waals surface area contributed by atoms with Gasteiger partial charge in [0.05, 0.1) is 18.4 Å². The van der Waals surface area contributed by atoms with E-state index < -0.39 is 5.97 Å². The second-order valence-electron chi connectivity index (χ2n) is 6.33. The zero-order chi connectivity index (χ0) is 18.4. The fourth-order valence-electron chi connectivity index (χ4n) is 3.06. The highest BCUT2D eigenvalue weighted by molar-refractivity contribution is 7.99. The van der Waals surface area contributed by atoms with Gasteiger partial charge in [-0.1, -0.05) is 37.4 Å². The average molecular weight is 374 g/mol. The van der Waals surface area contributed by atoms with Crippen LogP contribution in [0.3, 0.4) is 0 Å². The zero-order valence-corrected chi connectivity index (χ0v) is 15.5. The number of ether oxygens (including phenoxy) is 1. The van der Waals surface area contributed by atoms with E-state index in [9.17, 15) is 9.59 Å². The number of carbonyl (C=O) groups is 2. The number of H-pyrrole nitrogens is 1. The Morgan fingerprint density at radius 3 is 2.69 bits per heavy atom. The maximum Gasteiger partial charge on any atom is 0.337 e. The lowest BCUT2D eigenvalue weighted by Crippen LogP contribution is -2.14. The lowest BCUT2D eigenvalue weighted by atomic mass is 10.0. The third kappa shape index (κ3) is 5.08. The molecule has 1 saturated carbocycles. The number of aromatic nitrogens is 3. The average Bonchev–Trinajstić information content (AvgIpc) is 3.32. The number of thioether (sulfide) groups is 1. The Labute approximate surface area is 156 Å². The number of nitrogens with one attached hydrogen (secondary N) is 2. The van der Waals surface area contributed by atoms with Crippen LogP contribution in [0.25, 0.3) is 0 Å². The van der Waals surface area contributed by atoms with E-state index in [1.165, 1.54) is 44.6 Å². The summed E-state index contributed by atoms with van der Waals surface area (Å²) in [6.07, 6.45) is 6.08. The number of hydrogen-bond donors (Lipinski definition) is 2. The van der Waals surface area contributed by atoms with Crippen LogP contribution in [0.4, 0.5) is 5.69 Å². The molecule has 0 saturated heterocycles. The van der Waals surface area contributed by atoms with Gasteiger partial charge in [-0.15, -0.1) is 5.10 Å². The summed E-state index contributed by atoms with van der Waals surface area (Å²) >= 11 is 1.30. The van der Waals surface area contributed by atoms with E-state index in [4.69, 9.17) is 0 Å². The van der Waals surface area contributed by atoms with Crippen molar-refractivity contribution < 1.29 is 14.3 Å². The number of nitrogens with zero attached hydrogens (tertiary/aromatic N) is 2. The number of esters is 1. The summed E-state index contributed by atoms with van der Waals surface area (Å²) in [4.78, 5) is 27.9. The fourth-order valence-corrected chi connectivity index (χ4v) is 3.67. The van der Waals surface area contributed by atoms with Crippen LogP contribution in [-0.2, 0) is 16.0 Å². The third-order valence-corrected chi connectivity index (χ3v) is 5.24. The summed E-state index contributed by atoms with van der Waals surface area (Å²) in [5.41, 5.74) is 1.07. The molecule has 2 N–H and O–H groups in total. The zero-order valence-electron chi connectivity index (χ0n) is 14.7. The molecule has 0 aliphatic heterocycles. The van der Waals surface area contributed by atoms with Crippen LogP contribution in [0, 0.1) is 5.92 Å². The number of aromatic amines is 1. The molecule has 1 amide bonds. The van der Waals surface area contributed by atoms with Crippen molar-refractivity contribution >= 4 is 29.3 Å². The smallest absolute Gasteiger partial charge is 0.337 e. The van der Waals surface area contributed by atoms with Crippen molar-refractivity contribution in [1.82, 2.24) is 15.2 Å². The van der Waals surface area contributed by atoms with Gasteiger partial charge in [0.2, 0.25) is 11.1 Å². The first-order valence-corrected chi connectivity index (χ1v) is 9.65. The second-order valence-corrected chi connectivity index (χ2v) is 7.27. The monoisotopic (exact) mass is 374 g/mol. The van der Waals surface area contributed by atoms with Crippen molar-refractivity contribution in [3.8, 4) is 0 Å². The van der Waals surface area contributed by atoms with Crippen LogP contribution in [0.5, 0.6) is 0 Å². The number of carbonyl (C=O) groups excluding carboxylic acids is 2. The number of anilines is 1. The van der Waals surface area contributed by atoms with Crippen LogP contribution in [0.1, 0.15) is 41.9 Å². The second kappa shape index (κ2) is 8.84. The first kappa shape index (κ1) is 18.4. The first-order chi connectivity index (χ1) is 12.6. The van der Waals surface area contributed by atoms with Crippen molar-refractivity contribution in [1.29, 1.82) is 0 Å². The molecule has 1 aromatic heterocycles.